The molecule has 0 spiro atoms. The second-order valence-corrected chi connectivity index (χ2v) is 9.89. The zero-order valence-electron chi connectivity index (χ0n) is 12.1. The lowest BCUT2D eigenvalue weighted by molar-refractivity contribution is 0.294. The maximum absolute atomic E-state index is 12.0. The van der Waals surface area contributed by atoms with Crippen LogP contribution in [0.3, 0.4) is 0 Å². The van der Waals surface area contributed by atoms with Crippen molar-refractivity contribution in [3.05, 3.63) is 0 Å². The minimum atomic E-state index is -3.56. The van der Waals surface area contributed by atoms with E-state index in [0.29, 0.717) is 0 Å². The highest BCUT2D eigenvalue weighted by atomic mass is 32.2. The highest BCUT2D eigenvalue weighted by molar-refractivity contribution is 7.90. The molecule has 0 amide bonds. The smallest absolute Gasteiger partial charge is 0.212 e. The van der Waals surface area contributed by atoms with Crippen LogP contribution in [-0.4, -0.2) is 51.3 Å². The first-order valence-electron chi connectivity index (χ1n) is 5.52. The fourth-order valence-electron chi connectivity index (χ4n) is 1.51. The molecule has 0 rings (SSSR count). The third-order valence-corrected chi connectivity index (χ3v) is 5.85. The number of nitrogens with one attached hydrogen (secondary N) is 1. The number of hydrogen-bond donors (Lipinski definition) is 1. The molecule has 0 unspecified atom stereocenters. The first-order chi connectivity index (χ1) is 7.57. The van der Waals surface area contributed by atoms with Crippen molar-refractivity contribution < 1.29 is 16.8 Å². The standard InChI is InChI=1S/C10H24N2O4S2/c1-9(2,3)11-18(15,16)8-10(4,5)12(6)17(7,13)14/h11H,8H2,1-7H3. The summed E-state index contributed by atoms with van der Waals surface area (Å²) in [7, 11) is -5.62. The zero-order chi connectivity index (χ0) is 15.0. The molecule has 0 aliphatic rings. The molecule has 0 bridgehead atoms. The molecule has 0 atom stereocenters. The van der Waals surface area contributed by atoms with E-state index < -0.39 is 31.1 Å². The van der Waals surface area contributed by atoms with E-state index in [0.717, 1.165) is 10.6 Å². The lowest BCUT2D eigenvalue weighted by Crippen LogP contribution is -2.53. The van der Waals surface area contributed by atoms with Gasteiger partial charge in [0.15, 0.2) is 0 Å². The molecular formula is C10H24N2O4S2. The molecule has 0 aromatic carbocycles. The molecule has 0 aliphatic carbocycles. The maximum atomic E-state index is 12.0. The fraction of sp³-hybridized carbons (Fsp3) is 1.00. The van der Waals surface area contributed by atoms with Crippen LogP contribution in [0, 0.1) is 0 Å². The van der Waals surface area contributed by atoms with E-state index in [4.69, 9.17) is 0 Å². The summed E-state index contributed by atoms with van der Waals surface area (Å²) in [6, 6.07) is 0. The summed E-state index contributed by atoms with van der Waals surface area (Å²) in [5.41, 5.74) is -1.59. The summed E-state index contributed by atoms with van der Waals surface area (Å²) >= 11 is 0. The third kappa shape index (κ3) is 6.12. The normalized spacial score (nSPS) is 15.1. The minimum Gasteiger partial charge on any atom is -0.212 e. The van der Waals surface area contributed by atoms with Gasteiger partial charge in [-0.3, -0.25) is 0 Å². The Morgan fingerprint density at radius 3 is 1.67 bits per heavy atom. The van der Waals surface area contributed by atoms with Crippen molar-refractivity contribution in [3.63, 3.8) is 0 Å². The molecule has 0 fully saturated rings. The Morgan fingerprint density at radius 1 is 1.00 bits per heavy atom. The second kappa shape index (κ2) is 5.07. The molecule has 0 saturated carbocycles. The predicted octanol–water partition coefficient (Wildman–Crippen LogP) is 0.374. The summed E-state index contributed by atoms with van der Waals surface area (Å²) in [6.45, 7) is 8.36. The summed E-state index contributed by atoms with van der Waals surface area (Å²) in [5.74, 6) is -0.291. The van der Waals surface area contributed by atoms with Gasteiger partial charge in [0.05, 0.1) is 12.0 Å². The van der Waals surface area contributed by atoms with Crippen LogP contribution in [0.5, 0.6) is 0 Å². The maximum Gasteiger partial charge on any atom is 0.213 e. The molecule has 0 heterocycles. The van der Waals surface area contributed by atoms with Crippen LogP contribution in [0.2, 0.25) is 0 Å². The number of sulfonamides is 2. The second-order valence-electron chi connectivity index (χ2n) is 6.15. The SMILES string of the molecule is CN(C(C)(C)CS(=O)(=O)NC(C)(C)C)S(C)(=O)=O. The Balaban J connectivity index is 5.11. The zero-order valence-corrected chi connectivity index (χ0v) is 13.7. The first-order valence-corrected chi connectivity index (χ1v) is 9.03. The van der Waals surface area contributed by atoms with E-state index in [-0.39, 0.29) is 5.75 Å². The van der Waals surface area contributed by atoms with Crippen molar-refractivity contribution in [1.29, 1.82) is 0 Å². The molecule has 0 aromatic rings. The topological polar surface area (TPSA) is 83.6 Å². The van der Waals surface area contributed by atoms with E-state index in [1.807, 2.05) is 0 Å². The quantitative estimate of drug-likeness (QED) is 0.795. The average molecular weight is 300 g/mol. The van der Waals surface area contributed by atoms with Gasteiger partial charge in [-0.25, -0.2) is 21.6 Å². The Bertz CT molecular complexity index is 486. The van der Waals surface area contributed by atoms with E-state index in [9.17, 15) is 16.8 Å². The highest BCUT2D eigenvalue weighted by Crippen LogP contribution is 2.18. The molecule has 110 valence electrons. The number of rotatable bonds is 5. The summed E-state index contributed by atoms with van der Waals surface area (Å²) < 4.78 is 50.4. The summed E-state index contributed by atoms with van der Waals surface area (Å²) in [6.07, 6.45) is 1.05. The Hall–Kier alpha value is -0.180. The Morgan fingerprint density at radius 2 is 1.39 bits per heavy atom. The van der Waals surface area contributed by atoms with E-state index >= 15 is 0 Å². The molecule has 8 heteroatoms. The van der Waals surface area contributed by atoms with Crippen LogP contribution in [0.1, 0.15) is 34.6 Å². The lowest BCUT2D eigenvalue weighted by Gasteiger charge is -2.34. The van der Waals surface area contributed by atoms with Crippen molar-refractivity contribution in [1.82, 2.24) is 9.03 Å². The van der Waals surface area contributed by atoms with Gasteiger partial charge in [-0.05, 0) is 34.6 Å². The molecule has 0 radical (unpaired) electrons. The minimum absolute atomic E-state index is 0.291. The number of nitrogens with zero attached hydrogens (tertiary/aromatic N) is 1. The molecule has 1 N–H and O–H groups in total. The Labute approximate surface area is 111 Å². The van der Waals surface area contributed by atoms with E-state index in [2.05, 4.69) is 4.72 Å². The predicted molar refractivity (Wildman–Crippen MR) is 73.4 cm³/mol. The van der Waals surface area contributed by atoms with Gasteiger partial charge in [0.25, 0.3) is 0 Å². The average Bonchev–Trinajstić information content (AvgIpc) is 1.93. The third-order valence-electron chi connectivity index (χ3n) is 2.35. The van der Waals surface area contributed by atoms with Crippen molar-refractivity contribution in [2.24, 2.45) is 0 Å². The van der Waals surface area contributed by atoms with Crippen LogP contribution in [0.15, 0.2) is 0 Å². The van der Waals surface area contributed by atoms with Crippen molar-refractivity contribution in [3.8, 4) is 0 Å². The molecular weight excluding hydrogens is 276 g/mol. The van der Waals surface area contributed by atoms with Gasteiger partial charge in [-0.15, -0.1) is 0 Å². The van der Waals surface area contributed by atoms with Crippen LogP contribution >= 0.6 is 0 Å². The lowest BCUT2D eigenvalue weighted by atomic mass is 10.1. The van der Waals surface area contributed by atoms with E-state index in [1.54, 1.807) is 34.6 Å². The van der Waals surface area contributed by atoms with Crippen LogP contribution in [-0.2, 0) is 20.0 Å². The highest BCUT2D eigenvalue weighted by Gasteiger charge is 2.36. The molecule has 0 aliphatic heterocycles. The fourth-order valence-corrected chi connectivity index (χ4v) is 4.68. The molecule has 0 aromatic heterocycles. The van der Waals surface area contributed by atoms with Gasteiger partial charge in [-0.2, -0.15) is 4.31 Å². The van der Waals surface area contributed by atoms with Crippen molar-refractivity contribution in [2.75, 3.05) is 19.1 Å². The Kier molecular flexibility index (Phi) is 5.02. The van der Waals surface area contributed by atoms with Gasteiger partial charge < -0.3 is 0 Å². The van der Waals surface area contributed by atoms with Crippen LogP contribution in [0.4, 0.5) is 0 Å². The monoisotopic (exact) mass is 300 g/mol. The summed E-state index contributed by atoms with van der Waals surface area (Å²) in [5, 5.41) is 0. The first kappa shape index (κ1) is 17.8. The van der Waals surface area contributed by atoms with Crippen molar-refractivity contribution in [2.45, 2.75) is 45.7 Å². The van der Waals surface area contributed by atoms with E-state index in [1.165, 1.54) is 7.05 Å². The molecule has 6 nitrogen and oxygen atoms in total. The van der Waals surface area contributed by atoms with Gasteiger partial charge >= 0.3 is 0 Å². The van der Waals surface area contributed by atoms with Gasteiger partial charge in [-0.1, -0.05) is 0 Å². The van der Waals surface area contributed by atoms with Gasteiger partial charge in [0.1, 0.15) is 0 Å². The number of hydrogen-bond acceptors (Lipinski definition) is 4. The van der Waals surface area contributed by atoms with Gasteiger partial charge in [0, 0.05) is 18.1 Å². The molecule has 0 saturated heterocycles. The van der Waals surface area contributed by atoms with Crippen molar-refractivity contribution >= 4 is 20.0 Å². The van der Waals surface area contributed by atoms with Crippen LogP contribution in [0.25, 0.3) is 0 Å². The summed E-state index contributed by atoms with van der Waals surface area (Å²) in [4.78, 5) is 0. The largest absolute Gasteiger partial charge is 0.213 e. The molecule has 18 heavy (non-hydrogen) atoms. The van der Waals surface area contributed by atoms with Crippen LogP contribution < -0.4 is 4.72 Å². The van der Waals surface area contributed by atoms with Gasteiger partial charge in [0.2, 0.25) is 20.0 Å².